The van der Waals surface area contributed by atoms with Crippen molar-refractivity contribution in [1.29, 1.82) is 0 Å². The lowest BCUT2D eigenvalue weighted by Gasteiger charge is -2.04. The van der Waals surface area contributed by atoms with Crippen molar-refractivity contribution >= 4 is 5.97 Å². The summed E-state index contributed by atoms with van der Waals surface area (Å²) in [5.41, 5.74) is 0.411. The molecule has 0 saturated carbocycles. The number of hydrogen-bond donors (Lipinski definition) is 1. The lowest BCUT2D eigenvalue weighted by molar-refractivity contribution is -0.132. The van der Waals surface area contributed by atoms with E-state index in [9.17, 15) is 4.79 Å². The normalized spacial score (nSPS) is 11.2. The standard InChI is InChI=1S/C14H18O3/c1-12(14(15)16)8-4-3-7-11-17-13-9-5-2-6-10-13/h2,5-6,8-10H,3-4,7,11H2,1H3,(H,15,16). The number of hydrogen-bond acceptors (Lipinski definition) is 2. The van der Waals surface area contributed by atoms with Crippen molar-refractivity contribution in [2.45, 2.75) is 26.2 Å². The average Bonchev–Trinajstić information content (AvgIpc) is 2.34. The first-order valence-corrected chi connectivity index (χ1v) is 5.78. The highest BCUT2D eigenvalue weighted by molar-refractivity contribution is 5.85. The SMILES string of the molecule is CC(=CCCCCOc1ccccc1)C(=O)O. The van der Waals surface area contributed by atoms with Gasteiger partial charge in [-0.1, -0.05) is 24.3 Å². The number of para-hydroxylation sites is 1. The fraction of sp³-hybridized carbons (Fsp3) is 0.357. The van der Waals surface area contributed by atoms with Gasteiger partial charge in [-0.15, -0.1) is 0 Å². The van der Waals surface area contributed by atoms with Crippen LogP contribution in [0.25, 0.3) is 0 Å². The van der Waals surface area contributed by atoms with Crippen LogP contribution < -0.4 is 4.74 Å². The van der Waals surface area contributed by atoms with Gasteiger partial charge in [-0.25, -0.2) is 4.79 Å². The van der Waals surface area contributed by atoms with E-state index in [1.807, 2.05) is 30.3 Å². The third kappa shape index (κ3) is 5.76. The molecule has 1 N–H and O–H groups in total. The maximum atomic E-state index is 10.5. The van der Waals surface area contributed by atoms with Gasteiger partial charge in [0.15, 0.2) is 0 Å². The summed E-state index contributed by atoms with van der Waals surface area (Å²) in [5, 5.41) is 8.64. The number of aliphatic carboxylic acids is 1. The molecule has 0 radical (unpaired) electrons. The first-order chi connectivity index (χ1) is 8.20. The zero-order valence-corrected chi connectivity index (χ0v) is 10.1. The Morgan fingerprint density at radius 1 is 1.29 bits per heavy atom. The summed E-state index contributed by atoms with van der Waals surface area (Å²) in [7, 11) is 0. The second-order valence-corrected chi connectivity index (χ2v) is 3.85. The molecule has 0 bridgehead atoms. The van der Waals surface area contributed by atoms with Gasteiger partial charge in [0.25, 0.3) is 0 Å². The van der Waals surface area contributed by atoms with E-state index in [4.69, 9.17) is 9.84 Å². The van der Waals surface area contributed by atoms with Crippen molar-refractivity contribution in [3.63, 3.8) is 0 Å². The van der Waals surface area contributed by atoms with Crippen molar-refractivity contribution in [2.24, 2.45) is 0 Å². The van der Waals surface area contributed by atoms with Gasteiger partial charge in [0.2, 0.25) is 0 Å². The molecule has 0 spiro atoms. The summed E-state index contributed by atoms with van der Waals surface area (Å²) in [6.07, 6.45) is 4.41. The molecule has 0 amide bonds. The molecule has 1 rings (SSSR count). The van der Waals surface area contributed by atoms with Crippen LogP contribution in [0, 0.1) is 0 Å². The highest BCUT2D eigenvalue weighted by Gasteiger charge is 1.98. The molecule has 0 unspecified atom stereocenters. The number of unbranched alkanes of at least 4 members (excludes halogenated alkanes) is 2. The highest BCUT2D eigenvalue weighted by Crippen LogP contribution is 2.09. The van der Waals surface area contributed by atoms with E-state index < -0.39 is 5.97 Å². The molecule has 0 atom stereocenters. The van der Waals surface area contributed by atoms with E-state index in [1.54, 1.807) is 13.0 Å². The molecule has 17 heavy (non-hydrogen) atoms. The fourth-order valence-electron chi connectivity index (χ4n) is 1.36. The van der Waals surface area contributed by atoms with Crippen molar-refractivity contribution in [3.8, 4) is 5.75 Å². The molecular weight excluding hydrogens is 216 g/mol. The Balaban J connectivity index is 2.10. The Hall–Kier alpha value is -1.77. The minimum absolute atomic E-state index is 0.411. The molecule has 0 aliphatic rings. The smallest absolute Gasteiger partial charge is 0.330 e. The number of benzene rings is 1. The molecule has 0 aromatic heterocycles. The Morgan fingerprint density at radius 2 is 2.00 bits per heavy atom. The predicted octanol–water partition coefficient (Wildman–Crippen LogP) is 3.27. The van der Waals surface area contributed by atoms with Crippen LogP contribution in [0.2, 0.25) is 0 Å². The van der Waals surface area contributed by atoms with Gasteiger partial charge in [0.1, 0.15) is 5.75 Å². The van der Waals surface area contributed by atoms with Gasteiger partial charge in [-0.3, -0.25) is 0 Å². The fourth-order valence-corrected chi connectivity index (χ4v) is 1.36. The van der Waals surface area contributed by atoms with Gasteiger partial charge >= 0.3 is 5.97 Å². The van der Waals surface area contributed by atoms with Gasteiger partial charge in [-0.05, 0) is 38.3 Å². The van der Waals surface area contributed by atoms with Crippen LogP contribution in [0.15, 0.2) is 42.0 Å². The summed E-state index contributed by atoms with van der Waals surface area (Å²) in [6, 6.07) is 9.68. The van der Waals surface area contributed by atoms with Crippen LogP contribution >= 0.6 is 0 Å². The zero-order valence-electron chi connectivity index (χ0n) is 10.1. The third-order valence-electron chi connectivity index (χ3n) is 2.40. The summed E-state index contributed by atoms with van der Waals surface area (Å²) < 4.78 is 5.52. The topological polar surface area (TPSA) is 46.5 Å². The van der Waals surface area contributed by atoms with Crippen molar-refractivity contribution < 1.29 is 14.6 Å². The first-order valence-electron chi connectivity index (χ1n) is 5.78. The maximum absolute atomic E-state index is 10.5. The summed E-state index contributed by atoms with van der Waals surface area (Å²) >= 11 is 0. The van der Waals surface area contributed by atoms with E-state index in [0.717, 1.165) is 25.0 Å². The lowest BCUT2D eigenvalue weighted by atomic mass is 10.2. The van der Waals surface area contributed by atoms with Gasteiger partial charge < -0.3 is 9.84 Å². The Morgan fingerprint density at radius 3 is 2.65 bits per heavy atom. The van der Waals surface area contributed by atoms with Crippen molar-refractivity contribution in [2.75, 3.05) is 6.61 Å². The van der Waals surface area contributed by atoms with Crippen LogP contribution in [-0.2, 0) is 4.79 Å². The molecule has 0 saturated heterocycles. The molecular formula is C14H18O3. The van der Waals surface area contributed by atoms with Gasteiger partial charge in [0.05, 0.1) is 6.61 Å². The largest absolute Gasteiger partial charge is 0.494 e. The van der Waals surface area contributed by atoms with Gasteiger partial charge in [-0.2, -0.15) is 0 Å². The van der Waals surface area contributed by atoms with Crippen LogP contribution in [0.4, 0.5) is 0 Å². The Bertz CT molecular complexity index is 368. The van der Waals surface area contributed by atoms with Crippen LogP contribution in [-0.4, -0.2) is 17.7 Å². The van der Waals surface area contributed by atoms with Crippen LogP contribution in [0.5, 0.6) is 5.75 Å². The zero-order chi connectivity index (χ0) is 12.5. The average molecular weight is 234 g/mol. The lowest BCUT2D eigenvalue weighted by Crippen LogP contribution is -1.98. The molecule has 0 fully saturated rings. The quantitative estimate of drug-likeness (QED) is 0.581. The number of carboxylic acid groups (broad SMARTS) is 1. The monoisotopic (exact) mass is 234 g/mol. The highest BCUT2D eigenvalue weighted by atomic mass is 16.5. The number of ether oxygens (including phenoxy) is 1. The predicted molar refractivity (Wildman–Crippen MR) is 67.2 cm³/mol. The summed E-state index contributed by atoms with van der Waals surface area (Å²) in [5.74, 6) is 0.0373. The molecule has 3 heteroatoms. The van der Waals surface area contributed by atoms with Crippen LogP contribution in [0.1, 0.15) is 26.2 Å². The summed E-state index contributed by atoms with van der Waals surface area (Å²) in [4.78, 5) is 10.5. The molecule has 0 aliphatic heterocycles. The number of carbonyl (C=O) groups is 1. The minimum atomic E-state index is -0.842. The molecule has 1 aromatic rings. The van der Waals surface area contributed by atoms with Crippen molar-refractivity contribution in [3.05, 3.63) is 42.0 Å². The second-order valence-electron chi connectivity index (χ2n) is 3.85. The van der Waals surface area contributed by atoms with E-state index in [1.165, 1.54) is 0 Å². The van der Waals surface area contributed by atoms with Gasteiger partial charge in [0, 0.05) is 5.57 Å². The molecule has 3 nitrogen and oxygen atoms in total. The first kappa shape index (κ1) is 13.3. The molecule has 0 heterocycles. The minimum Gasteiger partial charge on any atom is -0.494 e. The number of rotatable bonds is 7. The van der Waals surface area contributed by atoms with E-state index in [0.29, 0.717) is 12.2 Å². The van der Waals surface area contributed by atoms with E-state index in [-0.39, 0.29) is 0 Å². The third-order valence-corrected chi connectivity index (χ3v) is 2.40. The molecule has 1 aromatic carbocycles. The number of allylic oxidation sites excluding steroid dienone is 1. The second kappa shape index (κ2) is 7.49. The molecule has 0 aliphatic carbocycles. The van der Waals surface area contributed by atoms with Crippen molar-refractivity contribution in [1.82, 2.24) is 0 Å². The van der Waals surface area contributed by atoms with E-state index >= 15 is 0 Å². The number of carboxylic acids is 1. The Kier molecular flexibility index (Phi) is 5.86. The summed E-state index contributed by atoms with van der Waals surface area (Å²) in [6.45, 7) is 2.28. The maximum Gasteiger partial charge on any atom is 0.330 e. The molecule has 92 valence electrons. The van der Waals surface area contributed by atoms with Crippen LogP contribution in [0.3, 0.4) is 0 Å². The van der Waals surface area contributed by atoms with E-state index in [2.05, 4.69) is 0 Å². The Labute approximate surface area is 102 Å².